The van der Waals surface area contributed by atoms with Gasteiger partial charge in [0.2, 0.25) is 0 Å². The van der Waals surface area contributed by atoms with Crippen molar-refractivity contribution in [3.8, 4) is 11.5 Å². The third-order valence-corrected chi connectivity index (χ3v) is 3.16. The molecule has 3 nitrogen and oxygen atoms in total. The fraction of sp³-hybridized carbons (Fsp3) is 0.333. The van der Waals surface area contributed by atoms with Crippen molar-refractivity contribution < 1.29 is 9.47 Å². The van der Waals surface area contributed by atoms with E-state index in [2.05, 4.69) is 24.3 Å². The van der Waals surface area contributed by atoms with Crippen molar-refractivity contribution in [1.29, 1.82) is 0 Å². The molecule has 0 aliphatic rings. The Labute approximate surface area is 126 Å². The van der Waals surface area contributed by atoms with Gasteiger partial charge >= 0.3 is 0 Å². The van der Waals surface area contributed by atoms with Crippen molar-refractivity contribution in [2.45, 2.75) is 19.3 Å². The lowest BCUT2D eigenvalue weighted by molar-refractivity contribution is 0.299. The normalized spacial score (nSPS) is 10.3. The van der Waals surface area contributed by atoms with E-state index in [-0.39, 0.29) is 0 Å². The maximum Gasteiger partial charge on any atom is 0.123 e. The summed E-state index contributed by atoms with van der Waals surface area (Å²) in [5.74, 6) is 1.66. The first kappa shape index (κ1) is 15.4. The Kier molecular flexibility index (Phi) is 6.62. The van der Waals surface area contributed by atoms with E-state index < -0.39 is 0 Å². The van der Waals surface area contributed by atoms with E-state index in [1.807, 2.05) is 30.3 Å². The lowest BCUT2D eigenvalue weighted by atomic mass is 10.1. The summed E-state index contributed by atoms with van der Waals surface area (Å²) >= 11 is 0. The average Bonchev–Trinajstić information content (AvgIpc) is 2.54. The smallest absolute Gasteiger partial charge is 0.123 e. The number of hydrogen-bond acceptors (Lipinski definition) is 3. The van der Waals surface area contributed by atoms with Crippen LogP contribution in [-0.4, -0.2) is 19.8 Å². The standard InChI is InChI=1S/C18H23NO2/c19-12-14-21-18-11-6-10-17(15-18)20-13-5-4-9-16-7-2-1-3-8-16/h1-3,6-8,10-11,15H,4-5,9,12-14,19H2. The number of hydrogen-bond donors (Lipinski definition) is 1. The van der Waals surface area contributed by atoms with Crippen LogP contribution in [0.1, 0.15) is 18.4 Å². The summed E-state index contributed by atoms with van der Waals surface area (Å²) in [4.78, 5) is 0. The third kappa shape index (κ3) is 5.88. The first-order valence-corrected chi connectivity index (χ1v) is 7.48. The van der Waals surface area contributed by atoms with Gasteiger partial charge in [-0.2, -0.15) is 0 Å². The van der Waals surface area contributed by atoms with Crippen LogP contribution in [-0.2, 0) is 6.42 Å². The highest BCUT2D eigenvalue weighted by molar-refractivity contribution is 5.32. The third-order valence-electron chi connectivity index (χ3n) is 3.16. The molecule has 3 heteroatoms. The number of nitrogens with two attached hydrogens (primary N) is 1. The largest absolute Gasteiger partial charge is 0.493 e. The molecule has 0 radical (unpaired) electrons. The lowest BCUT2D eigenvalue weighted by Gasteiger charge is -2.09. The van der Waals surface area contributed by atoms with Gasteiger partial charge in [-0.05, 0) is 37.0 Å². The maximum absolute atomic E-state index is 5.75. The van der Waals surface area contributed by atoms with Crippen molar-refractivity contribution in [3.63, 3.8) is 0 Å². The number of unbranched alkanes of at least 4 members (excludes halogenated alkanes) is 1. The van der Waals surface area contributed by atoms with Gasteiger partial charge in [-0.15, -0.1) is 0 Å². The molecule has 0 fully saturated rings. The molecule has 0 unspecified atom stereocenters. The van der Waals surface area contributed by atoms with Gasteiger partial charge in [0.1, 0.15) is 18.1 Å². The van der Waals surface area contributed by atoms with Crippen LogP contribution < -0.4 is 15.2 Å². The Bertz CT molecular complexity index is 514. The molecule has 0 aliphatic heterocycles. The topological polar surface area (TPSA) is 44.5 Å². The van der Waals surface area contributed by atoms with Gasteiger partial charge < -0.3 is 15.2 Å². The monoisotopic (exact) mass is 285 g/mol. The molecule has 0 aliphatic carbocycles. The number of rotatable bonds is 9. The van der Waals surface area contributed by atoms with Gasteiger partial charge in [-0.1, -0.05) is 36.4 Å². The van der Waals surface area contributed by atoms with Gasteiger partial charge in [0.25, 0.3) is 0 Å². The molecule has 2 rings (SSSR count). The van der Waals surface area contributed by atoms with Gasteiger partial charge in [-0.3, -0.25) is 0 Å². The predicted molar refractivity (Wildman–Crippen MR) is 85.9 cm³/mol. The van der Waals surface area contributed by atoms with Crippen LogP contribution in [0.15, 0.2) is 54.6 Å². The summed E-state index contributed by atoms with van der Waals surface area (Å²) in [5.41, 5.74) is 6.80. The molecule has 2 aromatic carbocycles. The summed E-state index contributed by atoms with van der Waals surface area (Å²) in [6.07, 6.45) is 3.28. The van der Waals surface area contributed by atoms with Crippen LogP contribution in [0.4, 0.5) is 0 Å². The first-order valence-electron chi connectivity index (χ1n) is 7.48. The highest BCUT2D eigenvalue weighted by Crippen LogP contribution is 2.19. The van der Waals surface area contributed by atoms with E-state index in [0.29, 0.717) is 13.2 Å². The molecule has 2 aromatic rings. The molecule has 0 amide bonds. The highest BCUT2D eigenvalue weighted by atomic mass is 16.5. The molecular weight excluding hydrogens is 262 g/mol. The fourth-order valence-electron chi connectivity index (χ4n) is 2.10. The second-order valence-electron chi connectivity index (χ2n) is 4.90. The zero-order valence-electron chi connectivity index (χ0n) is 12.3. The van der Waals surface area contributed by atoms with E-state index in [0.717, 1.165) is 37.4 Å². The molecule has 21 heavy (non-hydrogen) atoms. The molecule has 2 N–H and O–H groups in total. The van der Waals surface area contributed by atoms with Crippen molar-refractivity contribution >= 4 is 0 Å². The van der Waals surface area contributed by atoms with Crippen LogP contribution in [0.5, 0.6) is 11.5 Å². The van der Waals surface area contributed by atoms with Gasteiger partial charge in [0.15, 0.2) is 0 Å². The van der Waals surface area contributed by atoms with Gasteiger partial charge in [-0.25, -0.2) is 0 Å². The van der Waals surface area contributed by atoms with Crippen LogP contribution in [0.3, 0.4) is 0 Å². The minimum atomic E-state index is 0.518. The van der Waals surface area contributed by atoms with Crippen LogP contribution in [0.2, 0.25) is 0 Å². The molecule has 0 atom stereocenters. The summed E-state index contributed by atoms with van der Waals surface area (Å²) in [6, 6.07) is 18.3. The van der Waals surface area contributed by atoms with Crippen LogP contribution in [0, 0.1) is 0 Å². The highest BCUT2D eigenvalue weighted by Gasteiger charge is 1.98. The Morgan fingerprint density at radius 3 is 2.19 bits per heavy atom. The van der Waals surface area contributed by atoms with Crippen molar-refractivity contribution in [3.05, 3.63) is 60.2 Å². The van der Waals surface area contributed by atoms with Crippen molar-refractivity contribution in [2.24, 2.45) is 5.73 Å². The molecule has 0 spiro atoms. The summed E-state index contributed by atoms with van der Waals surface area (Å²) in [6.45, 7) is 1.78. The van der Waals surface area contributed by atoms with Gasteiger partial charge in [0, 0.05) is 12.6 Å². The number of benzene rings is 2. The van der Waals surface area contributed by atoms with E-state index in [9.17, 15) is 0 Å². The first-order chi connectivity index (χ1) is 10.4. The minimum absolute atomic E-state index is 0.518. The van der Waals surface area contributed by atoms with Gasteiger partial charge in [0.05, 0.1) is 6.61 Å². The fourth-order valence-corrected chi connectivity index (χ4v) is 2.10. The molecule has 0 heterocycles. The maximum atomic E-state index is 5.75. The molecule has 0 aromatic heterocycles. The molecule has 0 saturated carbocycles. The molecular formula is C18H23NO2. The lowest BCUT2D eigenvalue weighted by Crippen LogP contribution is -2.10. The predicted octanol–water partition coefficient (Wildman–Crippen LogP) is 3.43. The Hall–Kier alpha value is -2.00. The Morgan fingerprint density at radius 2 is 1.48 bits per heavy atom. The van der Waals surface area contributed by atoms with E-state index in [4.69, 9.17) is 15.2 Å². The zero-order chi connectivity index (χ0) is 14.8. The second-order valence-corrected chi connectivity index (χ2v) is 4.90. The van der Waals surface area contributed by atoms with Crippen LogP contribution >= 0.6 is 0 Å². The van der Waals surface area contributed by atoms with E-state index in [1.165, 1.54) is 5.56 Å². The van der Waals surface area contributed by atoms with Crippen LogP contribution in [0.25, 0.3) is 0 Å². The summed E-state index contributed by atoms with van der Waals surface area (Å²) in [5, 5.41) is 0. The van der Waals surface area contributed by atoms with Crippen molar-refractivity contribution in [2.75, 3.05) is 19.8 Å². The quantitative estimate of drug-likeness (QED) is 0.718. The second kappa shape index (κ2) is 9.03. The zero-order valence-corrected chi connectivity index (χ0v) is 12.3. The van der Waals surface area contributed by atoms with E-state index in [1.54, 1.807) is 0 Å². The Morgan fingerprint density at radius 1 is 0.762 bits per heavy atom. The summed E-state index contributed by atoms with van der Waals surface area (Å²) < 4.78 is 11.2. The Balaban J connectivity index is 1.66. The number of ether oxygens (including phenoxy) is 2. The summed E-state index contributed by atoms with van der Waals surface area (Å²) in [7, 11) is 0. The number of aryl methyl sites for hydroxylation is 1. The molecule has 0 bridgehead atoms. The SMILES string of the molecule is NCCOc1cccc(OCCCCc2ccccc2)c1. The van der Waals surface area contributed by atoms with Crippen molar-refractivity contribution in [1.82, 2.24) is 0 Å². The average molecular weight is 285 g/mol. The molecule has 112 valence electrons. The van der Waals surface area contributed by atoms with E-state index >= 15 is 0 Å². The molecule has 0 saturated heterocycles. The minimum Gasteiger partial charge on any atom is -0.493 e.